The number of hydrogen-bond acceptors (Lipinski definition) is 2. The van der Waals surface area contributed by atoms with Crippen LogP contribution in [-0.4, -0.2) is 23.0 Å². The number of hydrogen-bond donors (Lipinski definition) is 2. The number of carboxylic acid groups (broad SMARTS) is 1. The van der Waals surface area contributed by atoms with Crippen molar-refractivity contribution in [3.05, 3.63) is 91.4 Å². The normalized spacial score (nSPS) is 11.8. The van der Waals surface area contributed by atoms with Gasteiger partial charge in [0.2, 0.25) is 0 Å². The third-order valence-corrected chi connectivity index (χ3v) is 6.63. The van der Waals surface area contributed by atoms with Crippen LogP contribution in [0.5, 0.6) is 0 Å². The number of nitrogens with one attached hydrogen (secondary N) is 1. The fourth-order valence-electron chi connectivity index (χ4n) is 3.48. The van der Waals surface area contributed by atoms with Gasteiger partial charge in [0.05, 0.1) is 15.6 Å². The average molecular weight is 521 g/mol. The topological polar surface area (TPSA) is 66.4 Å². The lowest BCUT2D eigenvalue weighted by molar-refractivity contribution is -0.139. The standard InChI is InChI=1S/C24H20BrCl2NO3/c1-13-4-3-5-14(2)20(13)16-8-6-15(7-9-16)12-19(24(30)31)28-23(29)21-18(26)11-10-17(25)22(21)27/h3-11,19H,12H2,1-2H3,(H,28,29)(H,30,31)/t19-/m0/s1. The highest BCUT2D eigenvalue weighted by Gasteiger charge is 2.24. The van der Waals surface area contributed by atoms with E-state index in [4.69, 9.17) is 23.2 Å². The Morgan fingerprint density at radius 2 is 1.61 bits per heavy atom. The molecule has 7 heteroatoms. The summed E-state index contributed by atoms with van der Waals surface area (Å²) >= 11 is 15.5. The van der Waals surface area contributed by atoms with Gasteiger partial charge in [0.1, 0.15) is 6.04 Å². The van der Waals surface area contributed by atoms with Crippen LogP contribution < -0.4 is 5.32 Å². The van der Waals surface area contributed by atoms with E-state index in [2.05, 4.69) is 47.2 Å². The zero-order chi connectivity index (χ0) is 22.7. The van der Waals surface area contributed by atoms with Crippen molar-refractivity contribution in [2.75, 3.05) is 0 Å². The monoisotopic (exact) mass is 519 g/mol. The molecule has 0 saturated carbocycles. The molecule has 0 aliphatic carbocycles. The molecular weight excluding hydrogens is 501 g/mol. The van der Waals surface area contributed by atoms with Crippen LogP contribution >= 0.6 is 39.1 Å². The molecule has 0 aromatic heterocycles. The van der Waals surface area contributed by atoms with E-state index in [1.54, 1.807) is 6.07 Å². The third-order valence-electron chi connectivity index (χ3n) is 5.04. The van der Waals surface area contributed by atoms with Gasteiger partial charge in [0, 0.05) is 10.9 Å². The summed E-state index contributed by atoms with van der Waals surface area (Å²) in [6.07, 6.45) is 0.122. The maximum Gasteiger partial charge on any atom is 0.326 e. The van der Waals surface area contributed by atoms with E-state index in [9.17, 15) is 14.7 Å². The Labute approximate surface area is 199 Å². The highest BCUT2D eigenvalue weighted by atomic mass is 79.9. The van der Waals surface area contributed by atoms with E-state index in [-0.39, 0.29) is 22.0 Å². The van der Waals surface area contributed by atoms with Gasteiger partial charge >= 0.3 is 5.97 Å². The van der Waals surface area contributed by atoms with E-state index >= 15 is 0 Å². The molecule has 4 nitrogen and oxygen atoms in total. The smallest absolute Gasteiger partial charge is 0.326 e. The lowest BCUT2D eigenvalue weighted by atomic mass is 9.94. The van der Waals surface area contributed by atoms with Gasteiger partial charge in [0.15, 0.2) is 0 Å². The van der Waals surface area contributed by atoms with Gasteiger partial charge in [-0.1, -0.05) is 65.7 Å². The second-order valence-corrected chi connectivity index (χ2v) is 8.89. The average Bonchev–Trinajstić information content (AvgIpc) is 2.71. The quantitative estimate of drug-likeness (QED) is 0.366. The summed E-state index contributed by atoms with van der Waals surface area (Å²) in [6, 6.07) is 15.8. The maximum atomic E-state index is 12.7. The molecule has 0 heterocycles. The first-order chi connectivity index (χ1) is 14.7. The zero-order valence-electron chi connectivity index (χ0n) is 16.9. The number of aliphatic carboxylic acids is 1. The zero-order valence-corrected chi connectivity index (χ0v) is 20.0. The summed E-state index contributed by atoms with van der Waals surface area (Å²) in [5.41, 5.74) is 5.39. The van der Waals surface area contributed by atoms with Crippen LogP contribution in [0.25, 0.3) is 11.1 Å². The Morgan fingerprint density at radius 3 is 2.19 bits per heavy atom. The first-order valence-corrected chi connectivity index (χ1v) is 11.1. The molecule has 2 N–H and O–H groups in total. The number of carbonyl (C=O) groups is 2. The Hall–Kier alpha value is -2.34. The predicted octanol–water partition coefficient (Wildman–Crippen LogP) is 6.47. The minimum absolute atomic E-state index is 0.0364. The predicted molar refractivity (Wildman–Crippen MR) is 128 cm³/mol. The molecule has 0 fully saturated rings. The van der Waals surface area contributed by atoms with Crippen molar-refractivity contribution >= 4 is 51.0 Å². The van der Waals surface area contributed by atoms with E-state index < -0.39 is 17.9 Å². The first kappa shape index (κ1) is 23.3. The third kappa shape index (κ3) is 5.29. The number of aryl methyl sites for hydroxylation is 2. The molecule has 0 unspecified atom stereocenters. The molecule has 1 atom stereocenters. The summed E-state index contributed by atoms with van der Waals surface area (Å²) in [4.78, 5) is 24.5. The molecule has 0 aliphatic heterocycles. The molecule has 3 rings (SSSR count). The van der Waals surface area contributed by atoms with Crippen LogP contribution in [0.3, 0.4) is 0 Å². The van der Waals surface area contributed by atoms with Gasteiger partial charge in [0.25, 0.3) is 5.91 Å². The molecule has 0 spiro atoms. The molecule has 0 saturated heterocycles. The number of carbonyl (C=O) groups excluding carboxylic acids is 1. The highest BCUT2D eigenvalue weighted by molar-refractivity contribution is 9.10. The highest BCUT2D eigenvalue weighted by Crippen LogP contribution is 2.32. The molecule has 0 radical (unpaired) electrons. The molecule has 31 heavy (non-hydrogen) atoms. The molecule has 1 amide bonds. The lowest BCUT2D eigenvalue weighted by Gasteiger charge is -2.17. The van der Waals surface area contributed by atoms with Crippen LogP contribution in [-0.2, 0) is 11.2 Å². The molecule has 0 aliphatic rings. The van der Waals surface area contributed by atoms with E-state index in [1.807, 2.05) is 30.3 Å². The number of halogens is 3. The van der Waals surface area contributed by atoms with Crippen molar-refractivity contribution in [1.29, 1.82) is 0 Å². The van der Waals surface area contributed by atoms with Crippen molar-refractivity contribution in [2.24, 2.45) is 0 Å². The molecular formula is C24H20BrCl2NO3. The largest absolute Gasteiger partial charge is 0.480 e. The van der Waals surface area contributed by atoms with E-state index in [1.165, 1.54) is 17.2 Å². The molecule has 160 valence electrons. The van der Waals surface area contributed by atoms with Crippen LogP contribution in [0.1, 0.15) is 27.0 Å². The first-order valence-electron chi connectivity index (χ1n) is 9.51. The second-order valence-electron chi connectivity index (χ2n) is 7.25. The number of amides is 1. The van der Waals surface area contributed by atoms with Crippen LogP contribution in [0.4, 0.5) is 0 Å². The minimum atomic E-state index is -1.14. The summed E-state index contributed by atoms with van der Waals surface area (Å²) in [5, 5.41) is 12.4. The van der Waals surface area contributed by atoms with E-state index in [0.29, 0.717) is 4.47 Å². The Morgan fingerprint density at radius 1 is 1.00 bits per heavy atom. The fourth-order valence-corrected chi connectivity index (χ4v) is 4.35. The van der Waals surface area contributed by atoms with Crippen LogP contribution in [0.15, 0.2) is 59.1 Å². The van der Waals surface area contributed by atoms with E-state index in [0.717, 1.165) is 16.7 Å². The molecule has 3 aromatic carbocycles. The fraction of sp³-hybridized carbons (Fsp3) is 0.167. The Kier molecular flexibility index (Phi) is 7.42. The molecule has 0 bridgehead atoms. The lowest BCUT2D eigenvalue weighted by Crippen LogP contribution is -2.42. The van der Waals surface area contributed by atoms with Gasteiger partial charge in [-0.2, -0.15) is 0 Å². The maximum absolute atomic E-state index is 12.7. The van der Waals surface area contributed by atoms with Crippen molar-refractivity contribution in [3.63, 3.8) is 0 Å². The summed E-state index contributed by atoms with van der Waals surface area (Å²) < 4.78 is 0.498. The molecule has 3 aromatic rings. The number of benzene rings is 3. The number of rotatable bonds is 6. The minimum Gasteiger partial charge on any atom is -0.480 e. The second kappa shape index (κ2) is 9.86. The summed E-state index contributed by atoms with van der Waals surface area (Å²) in [5.74, 6) is -1.79. The Balaban J connectivity index is 1.80. The summed E-state index contributed by atoms with van der Waals surface area (Å²) in [7, 11) is 0. The van der Waals surface area contributed by atoms with Crippen LogP contribution in [0, 0.1) is 13.8 Å². The summed E-state index contributed by atoms with van der Waals surface area (Å²) in [6.45, 7) is 4.12. The Bertz CT molecular complexity index is 1130. The van der Waals surface area contributed by atoms with Crippen molar-refractivity contribution in [1.82, 2.24) is 5.32 Å². The van der Waals surface area contributed by atoms with Crippen molar-refractivity contribution in [2.45, 2.75) is 26.3 Å². The van der Waals surface area contributed by atoms with Crippen molar-refractivity contribution < 1.29 is 14.7 Å². The van der Waals surface area contributed by atoms with Crippen molar-refractivity contribution in [3.8, 4) is 11.1 Å². The van der Waals surface area contributed by atoms with Gasteiger partial charge in [-0.15, -0.1) is 0 Å². The van der Waals surface area contributed by atoms with Gasteiger partial charge in [-0.05, 0) is 69.7 Å². The van der Waals surface area contributed by atoms with Crippen LogP contribution in [0.2, 0.25) is 10.0 Å². The number of carboxylic acids is 1. The van der Waals surface area contributed by atoms with Gasteiger partial charge < -0.3 is 10.4 Å². The van der Waals surface area contributed by atoms with Gasteiger partial charge in [-0.25, -0.2) is 4.79 Å². The van der Waals surface area contributed by atoms with Gasteiger partial charge in [-0.3, -0.25) is 4.79 Å². The SMILES string of the molecule is Cc1cccc(C)c1-c1ccc(C[C@H](NC(=O)c2c(Cl)ccc(Br)c2Cl)C(=O)O)cc1.